The minimum absolute atomic E-state index is 0.546. The van der Waals surface area contributed by atoms with Gasteiger partial charge in [-0.05, 0) is 35.4 Å². The zero-order valence-electron chi connectivity index (χ0n) is 19.6. The zero-order valence-corrected chi connectivity index (χ0v) is 19.6. The first kappa shape index (κ1) is 25.0. The predicted octanol–water partition coefficient (Wildman–Crippen LogP) is 3.77. The first-order chi connectivity index (χ1) is 16.8. The highest BCUT2D eigenvalue weighted by Crippen LogP contribution is 2.09. The molecule has 0 spiro atoms. The Hall–Kier alpha value is -3.62. The van der Waals surface area contributed by atoms with E-state index in [0.29, 0.717) is 39.5 Å². The van der Waals surface area contributed by atoms with Gasteiger partial charge in [-0.25, -0.2) is 0 Å². The average molecular weight is 463 g/mol. The topological polar surface area (TPSA) is 87.4 Å². The molecular formula is C26H30N4O4. The van der Waals surface area contributed by atoms with Gasteiger partial charge < -0.3 is 18.9 Å². The highest BCUT2D eigenvalue weighted by molar-refractivity contribution is 5.77. The molecule has 0 bridgehead atoms. The summed E-state index contributed by atoms with van der Waals surface area (Å²) in [7, 11) is 3.23. The Labute approximate surface area is 200 Å². The van der Waals surface area contributed by atoms with Crippen LogP contribution in [0.15, 0.2) is 70.9 Å². The van der Waals surface area contributed by atoms with Gasteiger partial charge in [0.05, 0.1) is 77.5 Å². The van der Waals surface area contributed by atoms with Crippen LogP contribution in [0.2, 0.25) is 0 Å². The summed E-state index contributed by atoms with van der Waals surface area (Å²) in [5, 5.41) is 0. The molecule has 178 valence electrons. The Bertz CT molecular complexity index is 936. The summed E-state index contributed by atoms with van der Waals surface area (Å²) in [4.78, 5) is 17.1. The van der Waals surface area contributed by atoms with Crippen LogP contribution in [0.3, 0.4) is 0 Å². The van der Waals surface area contributed by atoms with Crippen LogP contribution in [0.4, 0.5) is 0 Å². The molecule has 0 radical (unpaired) electrons. The lowest BCUT2D eigenvalue weighted by molar-refractivity contribution is 0.126. The Kier molecular flexibility index (Phi) is 10.7. The smallest absolute Gasteiger partial charge is 0.137 e. The second kappa shape index (κ2) is 14.5. The summed E-state index contributed by atoms with van der Waals surface area (Å²) >= 11 is 0. The molecule has 2 aromatic heterocycles. The van der Waals surface area contributed by atoms with Crippen molar-refractivity contribution < 1.29 is 18.9 Å². The van der Waals surface area contributed by atoms with E-state index in [1.807, 2.05) is 24.3 Å². The molecule has 0 amide bonds. The van der Waals surface area contributed by atoms with Gasteiger partial charge in [-0.3, -0.25) is 20.0 Å². The van der Waals surface area contributed by atoms with Crippen molar-refractivity contribution in [3.63, 3.8) is 0 Å². The second-order valence-electron chi connectivity index (χ2n) is 7.24. The summed E-state index contributed by atoms with van der Waals surface area (Å²) in [6, 6.07) is 15.6. The van der Waals surface area contributed by atoms with Gasteiger partial charge in [0.1, 0.15) is 11.5 Å². The van der Waals surface area contributed by atoms with E-state index in [9.17, 15) is 0 Å². The van der Waals surface area contributed by atoms with Crippen LogP contribution in [0.5, 0.6) is 11.5 Å². The number of aliphatic imine (C=N–C) groups is 2. The lowest BCUT2D eigenvalue weighted by Crippen LogP contribution is -2.01. The van der Waals surface area contributed by atoms with Gasteiger partial charge in [0, 0.05) is 12.4 Å². The lowest BCUT2D eigenvalue weighted by atomic mass is 10.1. The number of pyridine rings is 2. The van der Waals surface area contributed by atoms with Crippen LogP contribution in [-0.2, 0) is 22.7 Å². The highest BCUT2D eigenvalue weighted by atomic mass is 16.5. The quantitative estimate of drug-likeness (QED) is 0.268. The fraction of sp³-hybridized carbons (Fsp3) is 0.308. The predicted molar refractivity (Wildman–Crippen MR) is 132 cm³/mol. The summed E-state index contributed by atoms with van der Waals surface area (Å²) in [6.45, 7) is 3.35. The molecule has 8 heteroatoms. The molecule has 0 saturated heterocycles. The van der Waals surface area contributed by atoms with Gasteiger partial charge in [-0.15, -0.1) is 0 Å². The Morgan fingerprint density at radius 1 is 0.647 bits per heavy atom. The summed E-state index contributed by atoms with van der Waals surface area (Å²) in [6.07, 6.45) is 6.81. The van der Waals surface area contributed by atoms with Crippen LogP contribution < -0.4 is 9.47 Å². The van der Waals surface area contributed by atoms with Gasteiger partial charge in [0.2, 0.25) is 0 Å². The van der Waals surface area contributed by atoms with Gasteiger partial charge in [0.15, 0.2) is 0 Å². The first-order valence-corrected chi connectivity index (χ1v) is 11.0. The van der Waals surface area contributed by atoms with Crippen LogP contribution >= 0.6 is 0 Å². The van der Waals surface area contributed by atoms with Crippen molar-refractivity contribution in [2.45, 2.75) is 13.2 Å². The standard InChI is InChI=1S/C26H30N4O4/c1-31-25-9-7-23(29-17-25)15-27-11-13-33-19-21-3-5-22(6-4-21)20-34-14-12-28-16-24-8-10-26(32-2)18-30-24/h3-10,15-18H,11-14,19-20H2,1-2H3. The number of nitrogens with zero attached hydrogens (tertiary/aromatic N) is 4. The molecule has 0 fully saturated rings. The van der Waals surface area contributed by atoms with E-state index < -0.39 is 0 Å². The minimum atomic E-state index is 0.546. The van der Waals surface area contributed by atoms with E-state index in [0.717, 1.165) is 34.0 Å². The molecule has 0 N–H and O–H groups in total. The number of hydrogen-bond donors (Lipinski definition) is 0. The maximum absolute atomic E-state index is 5.70. The Morgan fingerprint density at radius 2 is 1.09 bits per heavy atom. The van der Waals surface area contributed by atoms with Crippen molar-refractivity contribution in [3.05, 3.63) is 83.4 Å². The summed E-state index contributed by atoms with van der Waals surface area (Å²) in [5.74, 6) is 1.46. The molecule has 3 aromatic rings. The van der Waals surface area contributed by atoms with Crippen molar-refractivity contribution in [2.24, 2.45) is 9.98 Å². The third-order valence-electron chi connectivity index (χ3n) is 4.73. The third-order valence-corrected chi connectivity index (χ3v) is 4.73. The molecule has 1 aromatic carbocycles. The van der Waals surface area contributed by atoms with E-state index >= 15 is 0 Å². The van der Waals surface area contributed by atoms with Gasteiger partial charge >= 0.3 is 0 Å². The lowest BCUT2D eigenvalue weighted by Gasteiger charge is -2.06. The SMILES string of the molecule is COc1ccc(C=NCCOCc2ccc(COCCN=Cc3ccc(OC)cn3)cc2)nc1. The van der Waals surface area contributed by atoms with Crippen molar-refractivity contribution >= 4 is 12.4 Å². The zero-order chi connectivity index (χ0) is 23.8. The van der Waals surface area contributed by atoms with Crippen LogP contribution in [-0.4, -0.2) is 62.9 Å². The molecule has 34 heavy (non-hydrogen) atoms. The van der Waals surface area contributed by atoms with E-state index in [1.54, 1.807) is 39.0 Å². The van der Waals surface area contributed by atoms with Crippen molar-refractivity contribution in [1.29, 1.82) is 0 Å². The number of methoxy groups -OCH3 is 2. The normalized spacial score (nSPS) is 11.4. The van der Waals surface area contributed by atoms with Crippen molar-refractivity contribution in [3.8, 4) is 11.5 Å². The average Bonchev–Trinajstić information content (AvgIpc) is 2.89. The molecule has 0 aliphatic rings. The first-order valence-electron chi connectivity index (χ1n) is 11.0. The van der Waals surface area contributed by atoms with Crippen LogP contribution in [0.25, 0.3) is 0 Å². The van der Waals surface area contributed by atoms with E-state index in [1.165, 1.54) is 0 Å². The number of rotatable bonds is 14. The Morgan fingerprint density at radius 3 is 1.44 bits per heavy atom. The second-order valence-corrected chi connectivity index (χ2v) is 7.24. The van der Waals surface area contributed by atoms with Crippen LogP contribution in [0.1, 0.15) is 22.5 Å². The van der Waals surface area contributed by atoms with Gasteiger partial charge in [-0.1, -0.05) is 24.3 Å². The molecule has 0 atom stereocenters. The number of benzene rings is 1. The largest absolute Gasteiger partial charge is 0.495 e. The molecule has 0 saturated carbocycles. The molecule has 3 rings (SSSR count). The summed E-state index contributed by atoms with van der Waals surface area (Å²) in [5.41, 5.74) is 3.81. The maximum atomic E-state index is 5.70. The number of hydrogen-bond acceptors (Lipinski definition) is 8. The number of aromatic nitrogens is 2. The van der Waals surface area contributed by atoms with Gasteiger partial charge in [-0.2, -0.15) is 0 Å². The number of ether oxygens (including phenoxy) is 4. The fourth-order valence-corrected chi connectivity index (χ4v) is 2.84. The maximum Gasteiger partial charge on any atom is 0.137 e. The monoisotopic (exact) mass is 462 g/mol. The minimum Gasteiger partial charge on any atom is -0.495 e. The molecule has 0 aliphatic heterocycles. The van der Waals surface area contributed by atoms with Crippen molar-refractivity contribution in [2.75, 3.05) is 40.5 Å². The van der Waals surface area contributed by atoms with Crippen molar-refractivity contribution in [1.82, 2.24) is 9.97 Å². The molecular weight excluding hydrogens is 432 g/mol. The highest BCUT2D eigenvalue weighted by Gasteiger charge is 1.97. The van der Waals surface area contributed by atoms with E-state index in [-0.39, 0.29) is 0 Å². The molecule has 0 aliphatic carbocycles. The van der Waals surface area contributed by atoms with Crippen LogP contribution in [0, 0.1) is 0 Å². The molecule has 2 heterocycles. The third kappa shape index (κ3) is 9.09. The van der Waals surface area contributed by atoms with Gasteiger partial charge in [0.25, 0.3) is 0 Å². The summed E-state index contributed by atoms with van der Waals surface area (Å²) < 4.78 is 21.6. The fourth-order valence-electron chi connectivity index (χ4n) is 2.84. The Balaban J connectivity index is 1.25. The molecule has 8 nitrogen and oxygen atoms in total. The van der Waals surface area contributed by atoms with E-state index in [2.05, 4.69) is 44.2 Å². The van der Waals surface area contributed by atoms with E-state index in [4.69, 9.17) is 18.9 Å². The molecule has 0 unspecified atom stereocenters.